The van der Waals surface area contributed by atoms with Gasteiger partial charge in [-0.05, 0) is 18.6 Å². The molecule has 1 aromatic heterocycles. The molecule has 1 aromatic carbocycles. The second-order valence-corrected chi connectivity index (χ2v) is 7.02. The molecule has 0 saturated carbocycles. The van der Waals surface area contributed by atoms with Gasteiger partial charge < -0.3 is 9.88 Å². The van der Waals surface area contributed by atoms with Crippen molar-refractivity contribution >= 4 is 21.6 Å². The van der Waals surface area contributed by atoms with Crippen LogP contribution in [0.25, 0.3) is 0 Å². The highest BCUT2D eigenvalue weighted by Crippen LogP contribution is 2.15. The molecule has 8 heteroatoms. The maximum Gasteiger partial charge on any atom is 0.240 e. The van der Waals surface area contributed by atoms with Crippen molar-refractivity contribution in [2.45, 2.75) is 13.0 Å². The number of sulfonamides is 1. The number of nitrogens with one attached hydrogen (secondary N) is 1. The van der Waals surface area contributed by atoms with Crippen LogP contribution in [0.15, 0.2) is 49.1 Å². The number of benzene rings is 1. The standard InChI is InChI=1S/C15H20N4O3S/c1-23(21,22)19(14-6-3-2-4-7-14)12-15(20)17-8-5-10-18-11-9-16-13-18/h2-4,6-7,9,11,13H,5,8,10,12H2,1H3,(H,17,20). The van der Waals surface area contributed by atoms with Crippen molar-refractivity contribution in [1.29, 1.82) is 0 Å². The number of carbonyl (C=O) groups is 1. The first-order valence-electron chi connectivity index (χ1n) is 7.22. The van der Waals surface area contributed by atoms with Crippen LogP contribution < -0.4 is 9.62 Å². The lowest BCUT2D eigenvalue weighted by atomic mass is 10.3. The summed E-state index contributed by atoms with van der Waals surface area (Å²) in [6.45, 7) is 0.992. The van der Waals surface area contributed by atoms with E-state index in [9.17, 15) is 13.2 Å². The van der Waals surface area contributed by atoms with Crippen molar-refractivity contribution in [2.75, 3.05) is 23.7 Å². The largest absolute Gasteiger partial charge is 0.354 e. The Morgan fingerprint density at radius 3 is 2.65 bits per heavy atom. The Balaban J connectivity index is 1.86. The Morgan fingerprint density at radius 1 is 1.30 bits per heavy atom. The summed E-state index contributed by atoms with van der Waals surface area (Å²) >= 11 is 0. The number of aryl methyl sites for hydroxylation is 1. The summed E-state index contributed by atoms with van der Waals surface area (Å²) in [5.74, 6) is -0.329. The van der Waals surface area contributed by atoms with Crippen LogP contribution in [0.1, 0.15) is 6.42 Å². The average Bonchev–Trinajstić information content (AvgIpc) is 3.02. The number of imidazole rings is 1. The predicted molar refractivity (Wildman–Crippen MR) is 88.5 cm³/mol. The summed E-state index contributed by atoms with van der Waals surface area (Å²) in [5, 5.41) is 2.74. The molecule has 0 saturated heterocycles. The zero-order valence-electron chi connectivity index (χ0n) is 12.9. The number of amides is 1. The van der Waals surface area contributed by atoms with Gasteiger partial charge in [0, 0.05) is 25.5 Å². The number of anilines is 1. The summed E-state index contributed by atoms with van der Waals surface area (Å²) in [5.41, 5.74) is 0.476. The normalized spacial score (nSPS) is 11.2. The van der Waals surface area contributed by atoms with Gasteiger partial charge in [0.2, 0.25) is 15.9 Å². The van der Waals surface area contributed by atoms with Crippen LogP contribution in [0.3, 0.4) is 0 Å². The number of rotatable bonds is 8. The van der Waals surface area contributed by atoms with E-state index in [1.54, 1.807) is 42.9 Å². The lowest BCUT2D eigenvalue weighted by Crippen LogP contribution is -2.40. The highest BCUT2D eigenvalue weighted by atomic mass is 32.2. The zero-order chi connectivity index (χ0) is 16.7. The second kappa shape index (κ2) is 7.77. The zero-order valence-corrected chi connectivity index (χ0v) is 13.7. The fraction of sp³-hybridized carbons (Fsp3) is 0.333. The summed E-state index contributed by atoms with van der Waals surface area (Å²) < 4.78 is 26.8. The highest BCUT2D eigenvalue weighted by molar-refractivity contribution is 7.92. The van der Waals surface area contributed by atoms with Gasteiger partial charge in [0.05, 0.1) is 18.3 Å². The minimum absolute atomic E-state index is 0.228. The molecule has 0 aliphatic carbocycles. The maximum absolute atomic E-state index is 12.0. The van der Waals surface area contributed by atoms with Gasteiger partial charge in [0.1, 0.15) is 6.54 Å². The Kier molecular flexibility index (Phi) is 5.75. The first-order chi connectivity index (χ1) is 11.0. The molecule has 1 amide bonds. The lowest BCUT2D eigenvalue weighted by Gasteiger charge is -2.21. The summed E-state index contributed by atoms with van der Waals surface area (Å²) in [7, 11) is -3.52. The number of hydrogen-bond acceptors (Lipinski definition) is 4. The van der Waals surface area contributed by atoms with Crippen LogP contribution in [0.2, 0.25) is 0 Å². The van der Waals surface area contributed by atoms with E-state index in [2.05, 4.69) is 10.3 Å². The SMILES string of the molecule is CS(=O)(=O)N(CC(=O)NCCCn1ccnc1)c1ccccc1. The number of carbonyl (C=O) groups excluding carboxylic acids is 1. The van der Waals surface area contributed by atoms with Crippen molar-refractivity contribution < 1.29 is 13.2 Å². The third kappa shape index (κ3) is 5.41. The van der Waals surface area contributed by atoms with Gasteiger partial charge in [-0.2, -0.15) is 0 Å². The minimum Gasteiger partial charge on any atom is -0.354 e. The molecule has 0 fully saturated rings. The molecule has 0 spiro atoms. The Morgan fingerprint density at radius 2 is 2.04 bits per heavy atom. The molecule has 0 aliphatic rings. The predicted octanol–water partition coefficient (Wildman–Crippen LogP) is 0.856. The van der Waals surface area contributed by atoms with Gasteiger partial charge in [0.15, 0.2) is 0 Å². The van der Waals surface area contributed by atoms with E-state index in [1.807, 2.05) is 10.8 Å². The average molecular weight is 336 g/mol. The quantitative estimate of drug-likeness (QED) is 0.725. The molecule has 23 heavy (non-hydrogen) atoms. The third-order valence-electron chi connectivity index (χ3n) is 3.21. The molecule has 0 unspecified atom stereocenters. The van der Waals surface area contributed by atoms with Crippen LogP contribution in [0.5, 0.6) is 0 Å². The van der Waals surface area contributed by atoms with Crippen molar-refractivity contribution in [3.8, 4) is 0 Å². The summed E-state index contributed by atoms with van der Waals surface area (Å²) in [6, 6.07) is 8.58. The second-order valence-electron chi connectivity index (χ2n) is 5.11. The topological polar surface area (TPSA) is 84.3 Å². The number of nitrogens with zero attached hydrogens (tertiary/aromatic N) is 3. The molecule has 2 aromatic rings. The molecule has 0 radical (unpaired) electrons. The Hall–Kier alpha value is -2.35. The van der Waals surface area contributed by atoms with Crippen LogP contribution in [0, 0.1) is 0 Å². The fourth-order valence-corrected chi connectivity index (χ4v) is 2.95. The third-order valence-corrected chi connectivity index (χ3v) is 4.35. The maximum atomic E-state index is 12.0. The molecular weight excluding hydrogens is 316 g/mol. The van der Waals surface area contributed by atoms with Gasteiger partial charge in [-0.1, -0.05) is 18.2 Å². The van der Waals surface area contributed by atoms with E-state index in [4.69, 9.17) is 0 Å². The monoisotopic (exact) mass is 336 g/mol. The number of hydrogen-bond donors (Lipinski definition) is 1. The van der Waals surface area contributed by atoms with Crippen molar-refractivity contribution in [3.63, 3.8) is 0 Å². The summed E-state index contributed by atoms with van der Waals surface area (Å²) in [4.78, 5) is 15.9. The molecule has 1 heterocycles. The minimum atomic E-state index is -3.52. The van der Waals surface area contributed by atoms with E-state index < -0.39 is 10.0 Å². The first kappa shape index (κ1) is 17.0. The van der Waals surface area contributed by atoms with Gasteiger partial charge in [-0.3, -0.25) is 9.10 Å². The van der Waals surface area contributed by atoms with Gasteiger partial charge in [0.25, 0.3) is 0 Å². The van der Waals surface area contributed by atoms with Gasteiger partial charge in [-0.15, -0.1) is 0 Å². The Bertz CT molecular complexity index is 714. The molecule has 124 valence electrons. The number of aromatic nitrogens is 2. The van der Waals surface area contributed by atoms with Crippen molar-refractivity contribution in [1.82, 2.24) is 14.9 Å². The van der Waals surface area contributed by atoms with Gasteiger partial charge in [-0.25, -0.2) is 13.4 Å². The van der Waals surface area contributed by atoms with Crippen LogP contribution in [-0.4, -0.2) is 43.2 Å². The molecule has 2 rings (SSSR count). The van der Waals surface area contributed by atoms with Crippen LogP contribution in [-0.2, 0) is 21.4 Å². The fourth-order valence-electron chi connectivity index (χ4n) is 2.09. The molecule has 7 nitrogen and oxygen atoms in total. The van der Waals surface area contributed by atoms with E-state index in [1.165, 1.54) is 0 Å². The Labute approximate surface area is 136 Å². The molecular formula is C15H20N4O3S. The van der Waals surface area contributed by atoms with Crippen molar-refractivity contribution in [2.24, 2.45) is 0 Å². The highest BCUT2D eigenvalue weighted by Gasteiger charge is 2.20. The molecule has 0 aliphatic heterocycles. The van der Waals surface area contributed by atoms with Crippen molar-refractivity contribution in [3.05, 3.63) is 49.1 Å². The molecule has 0 bridgehead atoms. The smallest absolute Gasteiger partial charge is 0.240 e. The van der Waals surface area contributed by atoms with E-state index in [-0.39, 0.29) is 12.5 Å². The molecule has 0 atom stereocenters. The van der Waals surface area contributed by atoms with E-state index >= 15 is 0 Å². The number of para-hydroxylation sites is 1. The van der Waals surface area contributed by atoms with Crippen LogP contribution in [0.4, 0.5) is 5.69 Å². The first-order valence-corrected chi connectivity index (χ1v) is 9.07. The lowest BCUT2D eigenvalue weighted by molar-refractivity contribution is -0.119. The van der Waals surface area contributed by atoms with Gasteiger partial charge >= 0.3 is 0 Å². The van der Waals surface area contributed by atoms with E-state index in [0.717, 1.165) is 23.5 Å². The van der Waals surface area contributed by atoms with E-state index in [0.29, 0.717) is 12.2 Å². The van der Waals surface area contributed by atoms with Crippen LogP contribution >= 0.6 is 0 Å². The summed E-state index contributed by atoms with van der Waals surface area (Å²) in [6.07, 6.45) is 7.09. The molecule has 1 N–H and O–H groups in total.